The number of carbonyl (C=O) groups is 2. The molecule has 3 rings (SSSR count). The van der Waals surface area contributed by atoms with E-state index >= 15 is 0 Å². The molecule has 0 bridgehead atoms. The van der Waals surface area contributed by atoms with E-state index in [1.165, 1.54) is 12.3 Å². The molecule has 0 aliphatic carbocycles. The maximum atomic E-state index is 12.6. The van der Waals surface area contributed by atoms with Gasteiger partial charge in [-0.15, -0.1) is 0 Å². The fourth-order valence-corrected chi connectivity index (χ4v) is 3.06. The summed E-state index contributed by atoms with van der Waals surface area (Å²) >= 11 is 0. The monoisotopic (exact) mass is 464 g/mol. The van der Waals surface area contributed by atoms with Crippen LogP contribution in [-0.4, -0.2) is 37.1 Å². The highest BCUT2D eigenvalue weighted by Crippen LogP contribution is 2.22. The van der Waals surface area contributed by atoms with Gasteiger partial charge in [-0.3, -0.25) is 4.79 Å². The fraction of sp³-hybridized carbons (Fsp3) is 0.269. The van der Waals surface area contributed by atoms with Gasteiger partial charge in [0, 0.05) is 11.6 Å². The van der Waals surface area contributed by atoms with Gasteiger partial charge in [-0.2, -0.15) is 0 Å². The first kappa shape index (κ1) is 24.6. The van der Waals surface area contributed by atoms with E-state index in [1.54, 1.807) is 44.6 Å². The first-order valence-electron chi connectivity index (χ1n) is 10.8. The lowest BCUT2D eigenvalue weighted by Crippen LogP contribution is -2.44. The van der Waals surface area contributed by atoms with E-state index in [-0.39, 0.29) is 12.5 Å². The average Bonchev–Trinajstić information content (AvgIpc) is 3.34. The highest BCUT2D eigenvalue weighted by Gasteiger charge is 2.25. The van der Waals surface area contributed by atoms with E-state index in [4.69, 9.17) is 18.6 Å². The molecule has 0 aliphatic heterocycles. The van der Waals surface area contributed by atoms with Crippen molar-refractivity contribution in [3.8, 4) is 23.0 Å². The van der Waals surface area contributed by atoms with Crippen molar-refractivity contribution in [1.82, 2.24) is 10.3 Å². The molecule has 0 radical (unpaired) electrons. The average molecular weight is 465 g/mol. The van der Waals surface area contributed by atoms with E-state index < -0.39 is 17.9 Å². The van der Waals surface area contributed by atoms with Crippen LogP contribution in [0.4, 0.5) is 0 Å². The van der Waals surface area contributed by atoms with Gasteiger partial charge in [0.2, 0.25) is 11.8 Å². The van der Waals surface area contributed by atoms with Crippen LogP contribution in [0.2, 0.25) is 0 Å². The summed E-state index contributed by atoms with van der Waals surface area (Å²) in [6.07, 6.45) is 4.48. The van der Waals surface area contributed by atoms with Gasteiger partial charge < -0.3 is 23.9 Å². The molecule has 1 N–H and O–H groups in total. The third-order valence-electron chi connectivity index (χ3n) is 5.01. The molecule has 8 heteroatoms. The van der Waals surface area contributed by atoms with E-state index in [0.29, 0.717) is 11.6 Å². The van der Waals surface area contributed by atoms with Gasteiger partial charge in [-0.05, 0) is 54.0 Å². The van der Waals surface area contributed by atoms with Crippen molar-refractivity contribution in [1.29, 1.82) is 0 Å². The molecular formula is C26H28N2O6. The van der Waals surface area contributed by atoms with E-state index in [0.717, 1.165) is 22.6 Å². The Hall–Kier alpha value is -4.07. The molecule has 0 saturated carbocycles. The van der Waals surface area contributed by atoms with Crippen LogP contribution in [0.15, 0.2) is 65.3 Å². The number of amides is 1. The number of aromatic nitrogens is 1. The summed E-state index contributed by atoms with van der Waals surface area (Å²) in [6, 6.07) is 13.7. The Kier molecular flexibility index (Phi) is 8.45. The second-order valence-corrected chi connectivity index (χ2v) is 7.82. The number of ether oxygens (including phenoxy) is 3. The number of oxazole rings is 1. The molecule has 0 spiro atoms. The third kappa shape index (κ3) is 6.71. The van der Waals surface area contributed by atoms with Crippen LogP contribution >= 0.6 is 0 Å². The van der Waals surface area contributed by atoms with Crippen LogP contribution < -0.4 is 14.8 Å². The topological polar surface area (TPSA) is 99.9 Å². The summed E-state index contributed by atoms with van der Waals surface area (Å²) in [5, 5.41) is 2.71. The van der Waals surface area contributed by atoms with Crippen molar-refractivity contribution >= 4 is 18.0 Å². The van der Waals surface area contributed by atoms with Gasteiger partial charge in [0.05, 0.1) is 14.2 Å². The molecule has 1 aromatic heterocycles. The normalized spacial score (nSPS) is 11.9. The highest BCUT2D eigenvalue weighted by molar-refractivity contribution is 5.94. The number of methoxy groups -OCH3 is 2. The molecule has 8 nitrogen and oxygen atoms in total. The second kappa shape index (κ2) is 11.7. The Morgan fingerprint density at radius 1 is 1.00 bits per heavy atom. The molecule has 0 saturated heterocycles. The third-order valence-corrected chi connectivity index (χ3v) is 5.01. The smallest absolute Gasteiger partial charge is 0.329 e. The van der Waals surface area contributed by atoms with Crippen LogP contribution in [0.3, 0.4) is 0 Å². The van der Waals surface area contributed by atoms with Crippen molar-refractivity contribution < 1.29 is 28.2 Å². The molecule has 1 amide bonds. The lowest BCUT2D eigenvalue weighted by molar-refractivity contribution is -0.150. The summed E-state index contributed by atoms with van der Waals surface area (Å²) in [4.78, 5) is 29.4. The number of nitrogens with zero attached hydrogens (tertiary/aromatic N) is 1. The molecule has 0 unspecified atom stereocenters. The van der Waals surface area contributed by atoms with Gasteiger partial charge in [0.15, 0.2) is 0 Å². The summed E-state index contributed by atoms with van der Waals surface area (Å²) in [7, 11) is 3.18. The molecule has 3 aromatic rings. The molecule has 0 fully saturated rings. The standard InChI is InChI=1S/C26H28N2O6/c1-17(2)24(28-23(29)14-7-18-5-10-21(31-3)11-6-18)26(30)34-16-20-15-33-25(27-20)19-8-12-22(32-4)13-9-19/h5-15,17,24H,16H2,1-4H3,(H,28,29)/b14-7+/t24-/m1/s1. The first-order chi connectivity index (χ1) is 16.4. The number of hydrogen-bond donors (Lipinski definition) is 1. The van der Waals surface area contributed by atoms with E-state index in [2.05, 4.69) is 10.3 Å². The minimum Gasteiger partial charge on any atom is -0.497 e. The van der Waals surface area contributed by atoms with Gasteiger partial charge in [0.1, 0.15) is 36.1 Å². The minimum absolute atomic E-state index is 0.0702. The number of carbonyl (C=O) groups excluding carboxylic acids is 2. The minimum atomic E-state index is -0.805. The molecule has 34 heavy (non-hydrogen) atoms. The Morgan fingerprint density at radius 2 is 1.62 bits per heavy atom. The quantitative estimate of drug-likeness (QED) is 0.354. The molecule has 2 aromatic carbocycles. The molecule has 178 valence electrons. The van der Waals surface area contributed by atoms with Crippen LogP contribution in [0.5, 0.6) is 11.5 Å². The maximum Gasteiger partial charge on any atom is 0.329 e. The zero-order valence-electron chi connectivity index (χ0n) is 19.6. The summed E-state index contributed by atoms with van der Waals surface area (Å²) in [5.41, 5.74) is 2.07. The van der Waals surface area contributed by atoms with Gasteiger partial charge in [-0.1, -0.05) is 26.0 Å². The van der Waals surface area contributed by atoms with E-state index in [1.807, 2.05) is 38.1 Å². The second-order valence-electron chi connectivity index (χ2n) is 7.82. The van der Waals surface area contributed by atoms with Gasteiger partial charge in [0.25, 0.3) is 0 Å². The number of nitrogens with one attached hydrogen (secondary N) is 1. The number of benzene rings is 2. The van der Waals surface area contributed by atoms with Crippen LogP contribution in [0.1, 0.15) is 25.1 Å². The molecule has 1 atom stereocenters. The Labute approximate surface area is 198 Å². The van der Waals surface area contributed by atoms with Gasteiger partial charge in [-0.25, -0.2) is 9.78 Å². The van der Waals surface area contributed by atoms with Crippen LogP contribution in [0, 0.1) is 5.92 Å². The maximum absolute atomic E-state index is 12.6. The largest absolute Gasteiger partial charge is 0.497 e. The number of hydrogen-bond acceptors (Lipinski definition) is 7. The summed E-state index contributed by atoms with van der Waals surface area (Å²) in [5.74, 6) is 0.756. The van der Waals surface area contributed by atoms with Crippen molar-refractivity contribution in [2.45, 2.75) is 26.5 Å². The predicted octanol–water partition coefficient (Wildman–Crippen LogP) is 4.26. The molecule has 0 aliphatic rings. The van der Waals surface area contributed by atoms with Crippen molar-refractivity contribution in [2.24, 2.45) is 5.92 Å². The van der Waals surface area contributed by atoms with Crippen LogP contribution in [-0.2, 0) is 20.9 Å². The lowest BCUT2D eigenvalue weighted by Gasteiger charge is -2.19. The van der Waals surface area contributed by atoms with Gasteiger partial charge >= 0.3 is 5.97 Å². The van der Waals surface area contributed by atoms with Crippen LogP contribution in [0.25, 0.3) is 17.5 Å². The lowest BCUT2D eigenvalue weighted by atomic mass is 10.0. The number of esters is 1. The molecule has 1 heterocycles. The Bertz CT molecular complexity index is 1120. The van der Waals surface area contributed by atoms with Crippen molar-refractivity contribution in [3.63, 3.8) is 0 Å². The highest BCUT2D eigenvalue weighted by atomic mass is 16.5. The molecular weight excluding hydrogens is 436 g/mol. The Balaban J connectivity index is 1.55. The fourth-order valence-electron chi connectivity index (χ4n) is 3.06. The Morgan fingerprint density at radius 3 is 2.21 bits per heavy atom. The van der Waals surface area contributed by atoms with Crippen molar-refractivity contribution in [3.05, 3.63) is 72.1 Å². The number of rotatable bonds is 10. The van der Waals surface area contributed by atoms with E-state index in [9.17, 15) is 9.59 Å². The zero-order chi connectivity index (χ0) is 24.5. The summed E-state index contributed by atoms with van der Waals surface area (Å²) < 4.78 is 21.1. The SMILES string of the molecule is COc1ccc(/C=C/C(=O)N[C@@H](C(=O)OCc2coc(-c3ccc(OC)cc3)n2)C(C)C)cc1. The predicted molar refractivity (Wildman–Crippen MR) is 127 cm³/mol. The van der Waals surface area contributed by atoms with Crippen molar-refractivity contribution in [2.75, 3.05) is 14.2 Å². The zero-order valence-corrected chi connectivity index (χ0v) is 19.6. The first-order valence-corrected chi connectivity index (χ1v) is 10.8. The summed E-state index contributed by atoms with van der Waals surface area (Å²) in [6.45, 7) is 3.59.